The fraction of sp³-hybridized carbons (Fsp3) is 0.929. The summed E-state index contributed by atoms with van der Waals surface area (Å²) in [5.74, 6) is 0.0632. The molecule has 3 heteroatoms. The molecule has 1 atom stereocenters. The molecule has 0 aliphatic carbocycles. The molecule has 0 aliphatic heterocycles. The van der Waals surface area contributed by atoms with Gasteiger partial charge in [-0.1, -0.05) is 20.8 Å². The average Bonchev–Trinajstić information content (AvgIpc) is 2.12. The second-order valence-corrected chi connectivity index (χ2v) is 6.61. The summed E-state index contributed by atoms with van der Waals surface area (Å²) >= 11 is 0. The number of ether oxygens (including phenoxy) is 2. The fourth-order valence-electron chi connectivity index (χ4n) is 1.06. The molecule has 0 amide bonds. The largest absolute Gasteiger partial charge is 0.457 e. The van der Waals surface area contributed by atoms with E-state index >= 15 is 0 Å². The summed E-state index contributed by atoms with van der Waals surface area (Å²) in [6, 6.07) is 0. The summed E-state index contributed by atoms with van der Waals surface area (Å²) < 4.78 is 11.2. The Kier molecular flexibility index (Phi) is 5.66. The monoisotopic (exact) mass is 244 g/mol. The van der Waals surface area contributed by atoms with E-state index in [0.29, 0.717) is 12.5 Å². The lowest BCUT2D eigenvalue weighted by Gasteiger charge is -2.31. The molecule has 0 N–H and O–H groups in total. The van der Waals surface area contributed by atoms with Gasteiger partial charge in [0.15, 0.2) is 0 Å². The summed E-state index contributed by atoms with van der Waals surface area (Å²) in [6.45, 7) is 16.1. The predicted molar refractivity (Wildman–Crippen MR) is 69.9 cm³/mol. The van der Waals surface area contributed by atoms with Gasteiger partial charge in [-0.2, -0.15) is 0 Å². The van der Waals surface area contributed by atoms with Crippen LogP contribution in [0.4, 0.5) is 0 Å². The minimum atomic E-state index is -0.576. The van der Waals surface area contributed by atoms with Crippen molar-refractivity contribution >= 4 is 5.97 Å². The van der Waals surface area contributed by atoms with Crippen LogP contribution in [0.3, 0.4) is 0 Å². The Morgan fingerprint density at radius 2 is 1.53 bits per heavy atom. The molecule has 0 aliphatic rings. The molecule has 17 heavy (non-hydrogen) atoms. The van der Waals surface area contributed by atoms with E-state index < -0.39 is 5.60 Å². The second-order valence-electron chi connectivity index (χ2n) is 6.61. The maximum absolute atomic E-state index is 11.8. The fourth-order valence-corrected chi connectivity index (χ4v) is 1.06. The van der Waals surface area contributed by atoms with Gasteiger partial charge in [-0.25, -0.2) is 0 Å². The number of rotatable bonds is 5. The zero-order valence-corrected chi connectivity index (χ0v) is 12.6. The van der Waals surface area contributed by atoms with Gasteiger partial charge < -0.3 is 9.47 Å². The molecule has 102 valence electrons. The van der Waals surface area contributed by atoms with E-state index in [1.165, 1.54) is 0 Å². The Morgan fingerprint density at radius 3 is 1.88 bits per heavy atom. The maximum atomic E-state index is 11.8. The number of carbonyl (C=O) groups excluding carboxylic acids is 1. The molecule has 3 nitrogen and oxygen atoms in total. The van der Waals surface area contributed by atoms with E-state index in [1.54, 1.807) is 0 Å². The predicted octanol–water partition coefficient (Wildman–Crippen LogP) is 3.42. The van der Waals surface area contributed by atoms with Crippen molar-refractivity contribution in [1.82, 2.24) is 0 Å². The van der Waals surface area contributed by atoms with Gasteiger partial charge in [-0.15, -0.1) is 0 Å². The van der Waals surface area contributed by atoms with Crippen LogP contribution in [0, 0.1) is 11.8 Å². The minimum absolute atomic E-state index is 0.0797. The van der Waals surface area contributed by atoms with E-state index in [9.17, 15) is 4.79 Å². The molecule has 0 saturated heterocycles. The molecule has 0 fully saturated rings. The Hall–Kier alpha value is -0.570. The van der Waals surface area contributed by atoms with Crippen molar-refractivity contribution in [2.24, 2.45) is 11.8 Å². The summed E-state index contributed by atoms with van der Waals surface area (Å²) in [5, 5.41) is 0. The number of hydrogen-bond acceptors (Lipinski definition) is 3. The van der Waals surface area contributed by atoms with Crippen LogP contribution in [-0.2, 0) is 14.3 Å². The first-order chi connectivity index (χ1) is 7.44. The molecule has 0 aromatic carbocycles. The summed E-state index contributed by atoms with van der Waals surface area (Å²) in [5.41, 5.74) is -0.791. The Labute approximate surface area is 106 Å². The van der Waals surface area contributed by atoms with Crippen LogP contribution in [0.2, 0.25) is 0 Å². The normalized spacial score (nSPS) is 14.9. The van der Waals surface area contributed by atoms with Crippen LogP contribution in [0.25, 0.3) is 0 Å². The smallest absolute Gasteiger partial charge is 0.309 e. The van der Waals surface area contributed by atoms with Gasteiger partial charge in [-0.3, -0.25) is 4.79 Å². The lowest BCUT2D eigenvalue weighted by molar-refractivity contribution is -0.173. The highest BCUT2D eigenvalue weighted by Crippen LogP contribution is 2.19. The van der Waals surface area contributed by atoms with E-state index in [0.717, 1.165) is 0 Å². The molecule has 0 rings (SSSR count). The van der Waals surface area contributed by atoms with Crippen molar-refractivity contribution in [2.75, 3.05) is 6.61 Å². The standard InChI is InChI=1S/C14H28O3/c1-10(2)11(3)12(15)17-14(7,8)9-16-13(4,5)6/h10-11H,9H2,1-8H3. The first-order valence-corrected chi connectivity index (χ1v) is 6.31. The van der Waals surface area contributed by atoms with E-state index in [4.69, 9.17) is 9.47 Å². The van der Waals surface area contributed by atoms with Crippen molar-refractivity contribution in [3.05, 3.63) is 0 Å². The highest BCUT2D eigenvalue weighted by Gasteiger charge is 2.29. The van der Waals surface area contributed by atoms with Crippen molar-refractivity contribution < 1.29 is 14.3 Å². The zero-order chi connectivity index (χ0) is 13.9. The molecule has 0 radical (unpaired) electrons. The second kappa shape index (κ2) is 5.85. The van der Waals surface area contributed by atoms with Gasteiger partial charge in [0.05, 0.1) is 18.1 Å². The van der Waals surface area contributed by atoms with Crippen LogP contribution < -0.4 is 0 Å². The summed E-state index contributed by atoms with van der Waals surface area (Å²) in [7, 11) is 0. The Bertz CT molecular complexity index is 249. The van der Waals surface area contributed by atoms with Gasteiger partial charge in [0, 0.05) is 0 Å². The number of carbonyl (C=O) groups is 1. The van der Waals surface area contributed by atoms with E-state index in [1.807, 2.05) is 55.4 Å². The molecule has 1 unspecified atom stereocenters. The molecular weight excluding hydrogens is 216 g/mol. The maximum Gasteiger partial charge on any atom is 0.309 e. The molecule has 0 saturated carbocycles. The first-order valence-electron chi connectivity index (χ1n) is 6.31. The van der Waals surface area contributed by atoms with Crippen LogP contribution in [0.1, 0.15) is 55.4 Å². The third-order valence-corrected chi connectivity index (χ3v) is 2.60. The van der Waals surface area contributed by atoms with E-state index in [-0.39, 0.29) is 17.5 Å². The van der Waals surface area contributed by atoms with Crippen LogP contribution in [0.15, 0.2) is 0 Å². The molecular formula is C14H28O3. The topological polar surface area (TPSA) is 35.5 Å². The van der Waals surface area contributed by atoms with Gasteiger partial charge in [0.2, 0.25) is 0 Å². The third kappa shape index (κ3) is 7.37. The van der Waals surface area contributed by atoms with Crippen LogP contribution >= 0.6 is 0 Å². The molecule has 0 aromatic rings. The summed E-state index contributed by atoms with van der Waals surface area (Å²) in [4.78, 5) is 11.8. The summed E-state index contributed by atoms with van der Waals surface area (Å²) in [6.07, 6.45) is 0. The van der Waals surface area contributed by atoms with Gasteiger partial charge in [0.1, 0.15) is 5.60 Å². The number of esters is 1. The Balaban J connectivity index is 4.30. The van der Waals surface area contributed by atoms with Gasteiger partial charge in [-0.05, 0) is 40.5 Å². The van der Waals surface area contributed by atoms with Crippen molar-refractivity contribution in [2.45, 2.75) is 66.6 Å². The first kappa shape index (κ1) is 16.4. The molecule has 0 spiro atoms. The minimum Gasteiger partial charge on any atom is -0.457 e. The Morgan fingerprint density at radius 1 is 1.06 bits per heavy atom. The molecule has 0 aromatic heterocycles. The average molecular weight is 244 g/mol. The van der Waals surface area contributed by atoms with E-state index in [2.05, 4.69) is 0 Å². The lowest BCUT2D eigenvalue weighted by Crippen LogP contribution is -2.39. The van der Waals surface area contributed by atoms with Crippen molar-refractivity contribution in [3.8, 4) is 0 Å². The number of hydrogen-bond donors (Lipinski definition) is 0. The molecule has 0 bridgehead atoms. The van der Waals surface area contributed by atoms with Gasteiger partial charge >= 0.3 is 5.97 Å². The highest BCUT2D eigenvalue weighted by atomic mass is 16.6. The SMILES string of the molecule is CC(C)C(C)C(=O)OC(C)(C)COC(C)(C)C. The molecule has 0 heterocycles. The van der Waals surface area contributed by atoms with Crippen molar-refractivity contribution in [1.29, 1.82) is 0 Å². The zero-order valence-electron chi connectivity index (χ0n) is 12.6. The quantitative estimate of drug-likeness (QED) is 0.695. The third-order valence-electron chi connectivity index (χ3n) is 2.60. The van der Waals surface area contributed by atoms with Crippen LogP contribution in [-0.4, -0.2) is 23.8 Å². The van der Waals surface area contributed by atoms with Crippen molar-refractivity contribution in [3.63, 3.8) is 0 Å². The van der Waals surface area contributed by atoms with Gasteiger partial charge in [0.25, 0.3) is 0 Å². The lowest BCUT2D eigenvalue weighted by atomic mass is 9.98. The highest BCUT2D eigenvalue weighted by molar-refractivity contribution is 5.72. The van der Waals surface area contributed by atoms with Crippen LogP contribution in [0.5, 0.6) is 0 Å².